The summed E-state index contributed by atoms with van der Waals surface area (Å²) in [6.45, 7) is 9.78. The number of hydrogen-bond donors (Lipinski definition) is 2. The molecule has 222 valence electrons. The third-order valence-electron chi connectivity index (χ3n) is 8.67. The Morgan fingerprint density at radius 2 is 1.63 bits per heavy atom. The molecular formula is C35H41N7O. The van der Waals surface area contributed by atoms with Crippen LogP contribution in [0.3, 0.4) is 0 Å². The number of anilines is 1. The van der Waals surface area contributed by atoms with Crippen molar-refractivity contribution >= 4 is 22.8 Å². The second-order valence-electron chi connectivity index (χ2n) is 13.2. The van der Waals surface area contributed by atoms with Crippen molar-refractivity contribution in [1.29, 1.82) is 5.26 Å². The molecule has 4 aromatic rings. The van der Waals surface area contributed by atoms with Gasteiger partial charge >= 0.3 is 0 Å². The number of hydrogen-bond acceptors (Lipinski definition) is 6. The van der Waals surface area contributed by atoms with Crippen molar-refractivity contribution in [2.24, 2.45) is 5.41 Å². The van der Waals surface area contributed by atoms with Crippen molar-refractivity contribution in [2.75, 3.05) is 25.5 Å². The minimum atomic E-state index is -0.189. The summed E-state index contributed by atoms with van der Waals surface area (Å²) in [5.74, 6) is 1.08. The molecule has 1 aliphatic carbocycles. The zero-order valence-corrected chi connectivity index (χ0v) is 25.7. The molecule has 0 radical (unpaired) electrons. The van der Waals surface area contributed by atoms with Gasteiger partial charge in [-0.2, -0.15) is 5.26 Å². The lowest BCUT2D eigenvalue weighted by Crippen LogP contribution is -2.34. The van der Waals surface area contributed by atoms with E-state index in [1.807, 2.05) is 16.7 Å². The van der Waals surface area contributed by atoms with Gasteiger partial charge < -0.3 is 20.1 Å². The quantitative estimate of drug-likeness (QED) is 0.255. The maximum Gasteiger partial charge on any atom is 0.268 e. The largest absolute Gasteiger partial charge is 0.372 e. The molecule has 1 amide bonds. The van der Waals surface area contributed by atoms with Gasteiger partial charge in [-0.05, 0) is 78.4 Å². The van der Waals surface area contributed by atoms with E-state index in [0.29, 0.717) is 36.2 Å². The molecule has 1 aliphatic heterocycles. The van der Waals surface area contributed by atoms with E-state index in [2.05, 4.69) is 94.8 Å². The minimum absolute atomic E-state index is 0.0704. The van der Waals surface area contributed by atoms with Crippen LogP contribution in [0.4, 0.5) is 5.82 Å². The van der Waals surface area contributed by atoms with Crippen LogP contribution >= 0.6 is 0 Å². The van der Waals surface area contributed by atoms with Crippen LogP contribution in [0, 0.1) is 16.7 Å². The Labute approximate surface area is 254 Å². The summed E-state index contributed by atoms with van der Waals surface area (Å²) in [5.41, 5.74) is 5.83. The van der Waals surface area contributed by atoms with Gasteiger partial charge in [-0.1, -0.05) is 69.3 Å². The predicted octanol–water partition coefficient (Wildman–Crippen LogP) is 6.33. The second kappa shape index (κ2) is 11.8. The standard InChI is InChI=1S/C35H41N7O/c1-35(2,3)22-42-30(19-29-32(37-4)39-31(20-36)40-33(29)42)34(43)38-21-23-5-7-24(8-6-23)25-9-11-26(12-10-25)27-15-17-41(18-16-27)28-13-14-28/h5-12,19,27-28H,13-18,21-22H2,1-4H3,(H,38,43)(H,37,39,40). The van der Waals surface area contributed by atoms with Crippen molar-refractivity contribution in [3.8, 4) is 17.2 Å². The number of rotatable bonds is 8. The first-order chi connectivity index (χ1) is 20.7. The normalized spacial score (nSPS) is 16.3. The first-order valence-electron chi connectivity index (χ1n) is 15.4. The molecule has 1 saturated heterocycles. The number of likely N-dealkylation sites (tertiary alicyclic amines) is 1. The first kappa shape index (κ1) is 28.9. The average Bonchev–Trinajstić information content (AvgIpc) is 3.81. The van der Waals surface area contributed by atoms with Gasteiger partial charge in [0.2, 0.25) is 5.82 Å². The van der Waals surface area contributed by atoms with Crippen molar-refractivity contribution < 1.29 is 4.79 Å². The molecule has 2 fully saturated rings. The van der Waals surface area contributed by atoms with Gasteiger partial charge in [-0.3, -0.25) is 4.79 Å². The lowest BCUT2D eigenvalue weighted by Gasteiger charge is -2.32. The van der Waals surface area contributed by atoms with Gasteiger partial charge in [-0.15, -0.1) is 0 Å². The molecule has 2 aromatic carbocycles. The Kier molecular flexibility index (Phi) is 7.93. The predicted molar refractivity (Wildman–Crippen MR) is 171 cm³/mol. The number of nitrogens with one attached hydrogen (secondary N) is 2. The van der Waals surface area contributed by atoms with E-state index in [4.69, 9.17) is 0 Å². The average molecular weight is 576 g/mol. The van der Waals surface area contributed by atoms with Crippen LogP contribution in [0.1, 0.15) is 79.8 Å². The van der Waals surface area contributed by atoms with Gasteiger partial charge in [0, 0.05) is 26.2 Å². The molecule has 43 heavy (non-hydrogen) atoms. The van der Waals surface area contributed by atoms with Crippen molar-refractivity contribution in [2.45, 2.75) is 71.5 Å². The van der Waals surface area contributed by atoms with Crippen molar-refractivity contribution in [3.05, 3.63) is 77.2 Å². The van der Waals surface area contributed by atoms with Gasteiger partial charge in [0.1, 0.15) is 23.2 Å². The fourth-order valence-corrected chi connectivity index (χ4v) is 6.26. The summed E-state index contributed by atoms with van der Waals surface area (Å²) in [5, 5.41) is 16.3. The Hall–Kier alpha value is -4.22. The summed E-state index contributed by atoms with van der Waals surface area (Å²) >= 11 is 0. The molecule has 0 spiro atoms. The molecule has 6 rings (SSSR count). The molecule has 0 unspecified atom stereocenters. The SMILES string of the molecule is CNc1nc(C#N)nc2c1cc(C(=O)NCc1ccc(-c3ccc(C4CCN(C5CC5)CC4)cc3)cc1)n2CC(C)(C)C. The van der Waals surface area contributed by atoms with E-state index in [-0.39, 0.29) is 17.1 Å². The molecule has 3 heterocycles. The maximum absolute atomic E-state index is 13.5. The van der Waals surface area contributed by atoms with E-state index in [0.717, 1.165) is 17.0 Å². The summed E-state index contributed by atoms with van der Waals surface area (Å²) in [7, 11) is 1.75. The molecule has 2 N–H and O–H groups in total. The molecule has 2 aromatic heterocycles. The maximum atomic E-state index is 13.5. The highest BCUT2D eigenvalue weighted by atomic mass is 16.1. The number of carbonyl (C=O) groups excluding carboxylic acids is 1. The summed E-state index contributed by atoms with van der Waals surface area (Å²) in [6.07, 6.45) is 5.31. The number of nitrogens with zero attached hydrogens (tertiary/aromatic N) is 5. The highest BCUT2D eigenvalue weighted by molar-refractivity contribution is 6.00. The van der Waals surface area contributed by atoms with E-state index >= 15 is 0 Å². The molecule has 8 heteroatoms. The number of amides is 1. The van der Waals surface area contributed by atoms with Crippen LogP contribution in [-0.2, 0) is 13.1 Å². The number of aromatic nitrogens is 3. The molecule has 0 atom stereocenters. The second-order valence-corrected chi connectivity index (χ2v) is 13.2. The monoisotopic (exact) mass is 575 g/mol. The van der Waals surface area contributed by atoms with Gasteiger partial charge in [-0.25, -0.2) is 9.97 Å². The zero-order valence-electron chi connectivity index (χ0n) is 25.7. The highest BCUT2D eigenvalue weighted by Gasteiger charge is 2.32. The van der Waals surface area contributed by atoms with Crippen LogP contribution in [0.25, 0.3) is 22.2 Å². The third kappa shape index (κ3) is 6.42. The smallest absolute Gasteiger partial charge is 0.268 e. The number of benzene rings is 2. The number of carbonyl (C=O) groups is 1. The summed E-state index contributed by atoms with van der Waals surface area (Å²) < 4.78 is 1.90. The Morgan fingerprint density at radius 3 is 2.21 bits per heavy atom. The molecule has 1 saturated carbocycles. The Morgan fingerprint density at radius 1 is 0.977 bits per heavy atom. The van der Waals surface area contributed by atoms with Gasteiger partial charge in [0.25, 0.3) is 5.91 Å². The fraction of sp³-hybridized carbons (Fsp3) is 0.429. The van der Waals surface area contributed by atoms with Crippen LogP contribution in [0.2, 0.25) is 0 Å². The first-order valence-corrected chi connectivity index (χ1v) is 15.4. The van der Waals surface area contributed by atoms with Gasteiger partial charge in [0.05, 0.1) is 5.39 Å². The Bertz CT molecular complexity index is 1650. The molecule has 2 aliphatic rings. The Balaban J connectivity index is 1.13. The summed E-state index contributed by atoms with van der Waals surface area (Å²) in [6, 6.07) is 22.2. The fourth-order valence-electron chi connectivity index (χ4n) is 6.26. The van der Waals surface area contributed by atoms with Crippen LogP contribution < -0.4 is 10.6 Å². The van der Waals surface area contributed by atoms with Crippen molar-refractivity contribution in [3.63, 3.8) is 0 Å². The van der Waals surface area contributed by atoms with E-state index in [1.54, 1.807) is 7.05 Å². The number of piperidine rings is 1. The number of fused-ring (bicyclic) bond motifs is 1. The summed E-state index contributed by atoms with van der Waals surface area (Å²) in [4.78, 5) is 24.9. The van der Waals surface area contributed by atoms with Crippen molar-refractivity contribution in [1.82, 2.24) is 24.8 Å². The molecule has 0 bridgehead atoms. The lowest BCUT2D eigenvalue weighted by atomic mass is 9.88. The highest BCUT2D eigenvalue weighted by Crippen LogP contribution is 2.35. The van der Waals surface area contributed by atoms with E-state index < -0.39 is 0 Å². The minimum Gasteiger partial charge on any atom is -0.372 e. The topological polar surface area (TPSA) is 98.9 Å². The number of nitriles is 1. The molecular weight excluding hydrogens is 534 g/mol. The van der Waals surface area contributed by atoms with E-state index in [9.17, 15) is 10.1 Å². The van der Waals surface area contributed by atoms with Gasteiger partial charge in [0.15, 0.2) is 0 Å². The lowest BCUT2D eigenvalue weighted by molar-refractivity contribution is 0.0940. The third-order valence-corrected chi connectivity index (χ3v) is 8.67. The molecule has 8 nitrogen and oxygen atoms in total. The van der Waals surface area contributed by atoms with Crippen LogP contribution in [0.5, 0.6) is 0 Å². The zero-order chi connectivity index (χ0) is 30.1. The van der Waals surface area contributed by atoms with Crippen LogP contribution in [-0.4, -0.2) is 51.5 Å². The van der Waals surface area contributed by atoms with E-state index in [1.165, 1.54) is 55.5 Å². The van der Waals surface area contributed by atoms with Crippen LogP contribution in [0.15, 0.2) is 54.6 Å².